The molecule has 0 amide bonds. The number of fused-ring (bicyclic) bond motifs is 1. The van der Waals surface area contributed by atoms with Crippen LogP contribution in [0.15, 0.2) is 76.5 Å². The van der Waals surface area contributed by atoms with E-state index >= 15 is 0 Å². The Labute approximate surface area is 174 Å². The van der Waals surface area contributed by atoms with Crippen LogP contribution >= 0.6 is 15.9 Å². The van der Waals surface area contributed by atoms with E-state index in [9.17, 15) is 9.59 Å². The van der Waals surface area contributed by atoms with Crippen molar-refractivity contribution in [1.82, 2.24) is 19.3 Å². The number of carbonyl (C=O) groups excluding carboxylic acids is 1. The van der Waals surface area contributed by atoms with Crippen molar-refractivity contribution < 1.29 is 9.53 Å². The van der Waals surface area contributed by atoms with Gasteiger partial charge in [-0.1, -0.05) is 28.1 Å². The molecule has 0 unspecified atom stereocenters. The fourth-order valence-electron chi connectivity index (χ4n) is 2.90. The van der Waals surface area contributed by atoms with Crippen molar-refractivity contribution in [3.8, 4) is 5.69 Å². The van der Waals surface area contributed by atoms with Crippen molar-refractivity contribution in [2.45, 2.75) is 19.6 Å². The largest absolute Gasteiger partial charge is 0.461 e. The molecular formula is C21H17BrN4O3. The standard InChI is InChI=1S/C21H17BrN4O3/c22-16-4-7-19-18(12-16)21(28)25(14-23-19)11-8-20(27)29-13-15-2-5-17(6-3-15)26-10-1-9-24-26/h1-7,9-10,12,14H,8,11,13H2. The Balaban J connectivity index is 1.34. The van der Waals surface area contributed by atoms with Crippen molar-refractivity contribution in [3.63, 3.8) is 0 Å². The topological polar surface area (TPSA) is 79.0 Å². The van der Waals surface area contributed by atoms with Gasteiger partial charge >= 0.3 is 5.97 Å². The number of nitrogens with zero attached hydrogens (tertiary/aromatic N) is 4. The highest BCUT2D eigenvalue weighted by molar-refractivity contribution is 9.10. The van der Waals surface area contributed by atoms with E-state index in [0.29, 0.717) is 10.9 Å². The zero-order valence-corrected chi connectivity index (χ0v) is 16.9. The Morgan fingerprint density at radius 2 is 1.97 bits per heavy atom. The monoisotopic (exact) mass is 452 g/mol. The number of aromatic nitrogens is 4. The molecule has 0 aliphatic heterocycles. The summed E-state index contributed by atoms with van der Waals surface area (Å²) in [6, 6.07) is 14.8. The lowest BCUT2D eigenvalue weighted by atomic mass is 10.2. The summed E-state index contributed by atoms with van der Waals surface area (Å²) in [5.41, 5.74) is 2.25. The molecule has 4 rings (SSSR count). The molecule has 7 nitrogen and oxygen atoms in total. The molecular weight excluding hydrogens is 436 g/mol. The molecule has 2 aromatic carbocycles. The van der Waals surface area contributed by atoms with Crippen molar-refractivity contribution in [1.29, 1.82) is 0 Å². The molecule has 0 fully saturated rings. The molecule has 0 spiro atoms. The lowest BCUT2D eigenvalue weighted by molar-refractivity contribution is -0.145. The van der Waals surface area contributed by atoms with Gasteiger partial charge in [0.2, 0.25) is 0 Å². The van der Waals surface area contributed by atoms with Crippen LogP contribution in [0.25, 0.3) is 16.6 Å². The van der Waals surface area contributed by atoms with Gasteiger partial charge in [-0.05, 0) is 42.0 Å². The Hall–Kier alpha value is -3.26. The highest BCUT2D eigenvalue weighted by atomic mass is 79.9. The molecule has 0 aliphatic carbocycles. The molecule has 0 atom stereocenters. The number of esters is 1. The van der Waals surface area contributed by atoms with E-state index in [4.69, 9.17) is 4.74 Å². The van der Waals surface area contributed by atoms with E-state index in [2.05, 4.69) is 26.0 Å². The van der Waals surface area contributed by atoms with Crippen molar-refractivity contribution >= 4 is 32.8 Å². The molecule has 4 aromatic rings. The van der Waals surface area contributed by atoms with Gasteiger partial charge in [0.15, 0.2) is 0 Å². The number of ether oxygens (including phenoxy) is 1. The number of halogens is 1. The normalized spacial score (nSPS) is 10.9. The molecule has 2 heterocycles. The van der Waals surface area contributed by atoms with E-state index in [1.165, 1.54) is 10.9 Å². The van der Waals surface area contributed by atoms with E-state index < -0.39 is 0 Å². The van der Waals surface area contributed by atoms with E-state index in [1.54, 1.807) is 23.0 Å². The Morgan fingerprint density at radius 3 is 2.72 bits per heavy atom. The maximum absolute atomic E-state index is 12.5. The zero-order valence-electron chi connectivity index (χ0n) is 15.4. The third-order valence-electron chi connectivity index (χ3n) is 4.45. The average molecular weight is 453 g/mol. The van der Waals surface area contributed by atoms with Crippen LogP contribution < -0.4 is 5.56 Å². The maximum Gasteiger partial charge on any atom is 0.307 e. The van der Waals surface area contributed by atoms with Crippen molar-refractivity contribution in [2.75, 3.05) is 0 Å². The molecule has 0 saturated heterocycles. The van der Waals surface area contributed by atoms with Crippen molar-refractivity contribution in [2.24, 2.45) is 0 Å². The summed E-state index contributed by atoms with van der Waals surface area (Å²) >= 11 is 3.36. The number of aryl methyl sites for hydroxylation is 1. The summed E-state index contributed by atoms with van der Waals surface area (Å²) in [4.78, 5) is 28.9. The first-order valence-electron chi connectivity index (χ1n) is 8.99. The molecule has 146 valence electrons. The number of benzene rings is 2. The molecule has 29 heavy (non-hydrogen) atoms. The fraction of sp³-hybridized carbons (Fsp3) is 0.143. The minimum absolute atomic E-state index is 0.0897. The number of rotatable bonds is 6. The van der Waals surface area contributed by atoms with Crippen LogP contribution in [-0.2, 0) is 22.7 Å². The van der Waals surface area contributed by atoms with Gasteiger partial charge in [-0.15, -0.1) is 0 Å². The predicted molar refractivity (Wildman–Crippen MR) is 112 cm³/mol. The maximum atomic E-state index is 12.5. The second kappa shape index (κ2) is 8.40. The number of carbonyl (C=O) groups is 1. The van der Waals surface area contributed by atoms with Crippen LogP contribution in [0.2, 0.25) is 0 Å². The molecule has 0 saturated carbocycles. The van der Waals surface area contributed by atoms with Gasteiger partial charge in [-0.2, -0.15) is 5.10 Å². The van der Waals surface area contributed by atoms with Gasteiger partial charge in [0.25, 0.3) is 5.56 Å². The highest BCUT2D eigenvalue weighted by Crippen LogP contribution is 2.15. The lowest BCUT2D eigenvalue weighted by Gasteiger charge is -2.08. The Morgan fingerprint density at radius 1 is 1.14 bits per heavy atom. The predicted octanol–water partition coefficient (Wildman–Crippen LogP) is 3.48. The van der Waals surface area contributed by atoms with Gasteiger partial charge in [0.05, 0.1) is 29.3 Å². The van der Waals surface area contributed by atoms with Gasteiger partial charge in [-0.3, -0.25) is 14.2 Å². The SMILES string of the molecule is O=C(CCn1cnc2ccc(Br)cc2c1=O)OCc1ccc(-n2cccn2)cc1. The van der Waals surface area contributed by atoms with E-state index in [0.717, 1.165) is 15.7 Å². The third-order valence-corrected chi connectivity index (χ3v) is 4.94. The smallest absolute Gasteiger partial charge is 0.307 e. The summed E-state index contributed by atoms with van der Waals surface area (Å²) in [5, 5.41) is 4.68. The van der Waals surface area contributed by atoms with Crippen LogP contribution in [0.5, 0.6) is 0 Å². The van der Waals surface area contributed by atoms with Gasteiger partial charge in [-0.25, -0.2) is 9.67 Å². The van der Waals surface area contributed by atoms with E-state index in [-0.39, 0.29) is 31.1 Å². The first-order valence-corrected chi connectivity index (χ1v) is 9.79. The lowest BCUT2D eigenvalue weighted by Crippen LogP contribution is -2.22. The van der Waals surface area contributed by atoms with Crippen LogP contribution in [0.4, 0.5) is 0 Å². The van der Waals surface area contributed by atoms with E-state index in [1.807, 2.05) is 42.6 Å². The van der Waals surface area contributed by atoms with Crippen molar-refractivity contribution in [3.05, 3.63) is 87.6 Å². The van der Waals surface area contributed by atoms with Crippen LogP contribution in [0.3, 0.4) is 0 Å². The average Bonchev–Trinajstić information content (AvgIpc) is 3.27. The van der Waals surface area contributed by atoms with Gasteiger partial charge < -0.3 is 4.74 Å². The van der Waals surface area contributed by atoms with Crippen LogP contribution in [0, 0.1) is 0 Å². The summed E-state index contributed by atoms with van der Waals surface area (Å²) < 4.78 is 9.31. The Kier molecular flexibility index (Phi) is 5.53. The molecule has 0 radical (unpaired) electrons. The van der Waals surface area contributed by atoms with Crippen LogP contribution in [0.1, 0.15) is 12.0 Å². The highest BCUT2D eigenvalue weighted by Gasteiger charge is 2.08. The molecule has 0 aliphatic rings. The summed E-state index contributed by atoms with van der Waals surface area (Å²) in [6.07, 6.45) is 5.12. The number of hydrogen-bond donors (Lipinski definition) is 0. The first kappa shape index (κ1) is 19.1. The number of hydrogen-bond acceptors (Lipinski definition) is 5. The minimum atomic E-state index is -0.373. The zero-order chi connectivity index (χ0) is 20.2. The molecule has 2 aromatic heterocycles. The quantitative estimate of drug-likeness (QED) is 0.418. The summed E-state index contributed by atoms with van der Waals surface area (Å²) in [7, 11) is 0. The second-order valence-corrected chi connectivity index (χ2v) is 7.35. The summed E-state index contributed by atoms with van der Waals surface area (Å²) in [6.45, 7) is 0.390. The van der Waals surface area contributed by atoms with Gasteiger partial charge in [0.1, 0.15) is 6.61 Å². The second-order valence-electron chi connectivity index (χ2n) is 6.43. The third kappa shape index (κ3) is 4.43. The Bertz CT molecular complexity index is 1200. The van der Waals surface area contributed by atoms with Crippen LogP contribution in [-0.4, -0.2) is 25.3 Å². The molecule has 0 bridgehead atoms. The van der Waals surface area contributed by atoms with Gasteiger partial charge in [0, 0.05) is 23.4 Å². The summed E-state index contributed by atoms with van der Waals surface area (Å²) in [5.74, 6) is -0.373. The fourth-order valence-corrected chi connectivity index (χ4v) is 3.27. The molecule has 8 heteroatoms. The first-order chi connectivity index (χ1) is 14.1. The molecule has 0 N–H and O–H groups in total. The minimum Gasteiger partial charge on any atom is -0.461 e.